The number of hydrogen-bond donors (Lipinski definition) is 0. The quantitative estimate of drug-likeness (QED) is 0.695. The van der Waals surface area contributed by atoms with Crippen molar-refractivity contribution in [2.75, 3.05) is 13.1 Å². The molecule has 14 heavy (non-hydrogen) atoms. The normalized spacial score (nSPS) is 21.9. The van der Waals surface area contributed by atoms with Crippen LogP contribution < -0.4 is 0 Å². The van der Waals surface area contributed by atoms with Crippen molar-refractivity contribution in [3.8, 4) is 0 Å². The van der Waals surface area contributed by atoms with E-state index in [9.17, 15) is 13.2 Å². The molecule has 1 aliphatic rings. The van der Waals surface area contributed by atoms with Crippen LogP contribution in [0.2, 0.25) is 0 Å². The Kier molecular flexibility index (Phi) is 3.78. The first-order chi connectivity index (χ1) is 6.38. The number of nitrogens with zero attached hydrogens (tertiary/aromatic N) is 1. The smallest absolute Gasteiger partial charge is 0.301 e. The van der Waals surface area contributed by atoms with Crippen molar-refractivity contribution in [1.82, 2.24) is 4.90 Å². The molecule has 1 rings (SSSR count). The van der Waals surface area contributed by atoms with E-state index in [4.69, 9.17) is 0 Å². The van der Waals surface area contributed by atoms with Gasteiger partial charge in [0.05, 0.1) is 6.10 Å². The maximum absolute atomic E-state index is 11.9. The molecule has 0 aromatic heterocycles. The molecule has 0 aromatic rings. The summed E-state index contributed by atoms with van der Waals surface area (Å²) >= 11 is 0. The highest BCUT2D eigenvalue weighted by Gasteiger charge is 2.35. The summed E-state index contributed by atoms with van der Waals surface area (Å²) in [5.74, 6) is 0. The Bertz CT molecular complexity index is 173. The second kappa shape index (κ2) is 4.49. The number of hydrogen-bond acceptors (Lipinski definition) is 2. The second-order valence-corrected chi connectivity index (χ2v) is 3.89. The molecule has 0 spiro atoms. The highest BCUT2D eigenvalue weighted by Crippen LogP contribution is 2.24. The number of rotatable bonds is 2. The fraction of sp³-hybridized carbons (Fsp3) is 1.00. The van der Waals surface area contributed by atoms with E-state index in [0.717, 1.165) is 0 Å². The Morgan fingerprint density at radius 3 is 2.07 bits per heavy atom. The fourth-order valence-corrected chi connectivity index (χ4v) is 1.70. The Hall–Kier alpha value is -0.290. The van der Waals surface area contributed by atoms with Gasteiger partial charge in [0.1, 0.15) is 0 Å². The molecular weight excluding hydrogens is 195 g/mol. The van der Waals surface area contributed by atoms with E-state index in [1.54, 1.807) is 0 Å². The van der Waals surface area contributed by atoms with Gasteiger partial charge in [-0.25, -0.2) is 0 Å². The molecule has 0 saturated carbocycles. The van der Waals surface area contributed by atoms with Gasteiger partial charge in [0, 0.05) is 19.1 Å². The fourth-order valence-electron chi connectivity index (χ4n) is 1.70. The van der Waals surface area contributed by atoms with Gasteiger partial charge in [0.15, 0.2) is 0 Å². The number of halogens is 3. The molecule has 0 unspecified atom stereocenters. The van der Waals surface area contributed by atoms with Gasteiger partial charge in [-0.15, -0.1) is 13.2 Å². The topological polar surface area (TPSA) is 12.5 Å². The van der Waals surface area contributed by atoms with Crippen LogP contribution in [0.5, 0.6) is 0 Å². The number of piperidine rings is 1. The zero-order valence-corrected chi connectivity index (χ0v) is 8.47. The van der Waals surface area contributed by atoms with Gasteiger partial charge in [-0.1, -0.05) is 0 Å². The lowest BCUT2D eigenvalue weighted by atomic mass is 10.1. The summed E-state index contributed by atoms with van der Waals surface area (Å²) in [7, 11) is 0. The standard InChI is InChI=1S/C9H16F3NO/c1-7(2)13-5-3-8(4-6-13)14-9(10,11)12/h7-8H,3-6H2,1-2H3. The maximum Gasteiger partial charge on any atom is 0.522 e. The predicted octanol–water partition coefficient (Wildman–Crippen LogP) is 2.40. The van der Waals surface area contributed by atoms with Crippen LogP contribution in [0.25, 0.3) is 0 Å². The second-order valence-electron chi connectivity index (χ2n) is 3.89. The van der Waals surface area contributed by atoms with Gasteiger partial charge in [-0.05, 0) is 26.7 Å². The van der Waals surface area contributed by atoms with Crippen LogP contribution >= 0.6 is 0 Å². The van der Waals surface area contributed by atoms with E-state index >= 15 is 0 Å². The lowest BCUT2D eigenvalue weighted by Gasteiger charge is -2.34. The molecule has 0 radical (unpaired) electrons. The summed E-state index contributed by atoms with van der Waals surface area (Å²) in [6, 6.07) is 0.404. The van der Waals surface area contributed by atoms with Gasteiger partial charge < -0.3 is 4.90 Å². The summed E-state index contributed by atoms with van der Waals surface area (Å²) < 4.78 is 39.6. The minimum atomic E-state index is -4.48. The van der Waals surface area contributed by atoms with Gasteiger partial charge in [0.25, 0.3) is 0 Å². The molecule has 1 fully saturated rings. The molecule has 0 atom stereocenters. The van der Waals surface area contributed by atoms with Crippen molar-refractivity contribution in [1.29, 1.82) is 0 Å². The van der Waals surface area contributed by atoms with Crippen molar-refractivity contribution < 1.29 is 17.9 Å². The summed E-state index contributed by atoms with van der Waals surface area (Å²) in [6.45, 7) is 5.48. The van der Waals surface area contributed by atoms with Crippen molar-refractivity contribution in [3.63, 3.8) is 0 Å². The molecule has 0 bridgehead atoms. The summed E-state index contributed by atoms with van der Waals surface area (Å²) in [5.41, 5.74) is 0. The summed E-state index contributed by atoms with van der Waals surface area (Å²) in [6.07, 6.45) is -4.19. The van der Waals surface area contributed by atoms with Crippen molar-refractivity contribution >= 4 is 0 Å². The third-order valence-corrected chi connectivity index (χ3v) is 2.51. The van der Waals surface area contributed by atoms with E-state index in [1.807, 2.05) is 13.8 Å². The van der Waals surface area contributed by atoms with E-state index in [2.05, 4.69) is 9.64 Å². The molecule has 0 aromatic carbocycles. The van der Waals surface area contributed by atoms with Crippen LogP contribution in [0.15, 0.2) is 0 Å². The zero-order chi connectivity index (χ0) is 10.8. The first-order valence-corrected chi connectivity index (χ1v) is 4.87. The average molecular weight is 211 g/mol. The summed E-state index contributed by atoms with van der Waals surface area (Å²) in [4.78, 5) is 2.16. The van der Waals surface area contributed by atoms with Gasteiger partial charge >= 0.3 is 6.36 Å². The minimum absolute atomic E-state index is 0.404. The van der Waals surface area contributed by atoms with E-state index in [1.165, 1.54) is 0 Å². The van der Waals surface area contributed by atoms with Crippen LogP contribution in [0.4, 0.5) is 13.2 Å². The molecule has 0 amide bonds. The Morgan fingerprint density at radius 1 is 1.21 bits per heavy atom. The molecule has 2 nitrogen and oxygen atoms in total. The van der Waals surface area contributed by atoms with Gasteiger partial charge in [-0.2, -0.15) is 0 Å². The third-order valence-electron chi connectivity index (χ3n) is 2.51. The third kappa shape index (κ3) is 3.84. The number of alkyl halides is 3. The highest BCUT2D eigenvalue weighted by molar-refractivity contribution is 4.74. The SMILES string of the molecule is CC(C)N1CCC(OC(F)(F)F)CC1. The molecule has 1 heterocycles. The van der Waals surface area contributed by atoms with Crippen LogP contribution in [0.1, 0.15) is 26.7 Å². The van der Waals surface area contributed by atoms with Crippen LogP contribution in [0, 0.1) is 0 Å². The molecule has 1 saturated heterocycles. The van der Waals surface area contributed by atoms with Crippen LogP contribution in [-0.4, -0.2) is 36.5 Å². The predicted molar refractivity (Wildman–Crippen MR) is 46.9 cm³/mol. The van der Waals surface area contributed by atoms with Gasteiger partial charge in [0.2, 0.25) is 0 Å². The lowest BCUT2D eigenvalue weighted by molar-refractivity contribution is -0.346. The molecule has 0 aliphatic carbocycles. The zero-order valence-electron chi connectivity index (χ0n) is 8.47. The highest BCUT2D eigenvalue weighted by atomic mass is 19.4. The number of likely N-dealkylation sites (tertiary alicyclic amines) is 1. The van der Waals surface area contributed by atoms with Crippen LogP contribution in [-0.2, 0) is 4.74 Å². The molecular formula is C9H16F3NO. The first kappa shape index (κ1) is 11.8. The summed E-state index contributed by atoms with van der Waals surface area (Å²) in [5, 5.41) is 0. The number of ether oxygens (including phenoxy) is 1. The first-order valence-electron chi connectivity index (χ1n) is 4.87. The maximum atomic E-state index is 11.9. The largest absolute Gasteiger partial charge is 0.522 e. The van der Waals surface area contributed by atoms with E-state index in [0.29, 0.717) is 32.0 Å². The lowest BCUT2D eigenvalue weighted by Crippen LogP contribution is -2.42. The molecule has 0 N–H and O–H groups in total. The Balaban J connectivity index is 2.29. The van der Waals surface area contributed by atoms with E-state index in [-0.39, 0.29) is 0 Å². The minimum Gasteiger partial charge on any atom is -0.301 e. The monoisotopic (exact) mass is 211 g/mol. The van der Waals surface area contributed by atoms with Gasteiger partial charge in [-0.3, -0.25) is 4.74 Å². The average Bonchev–Trinajstić information content (AvgIpc) is 2.02. The Labute approximate surface area is 82.0 Å². The van der Waals surface area contributed by atoms with Crippen molar-refractivity contribution in [2.24, 2.45) is 0 Å². The van der Waals surface area contributed by atoms with E-state index < -0.39 is 12.5 Å². The molecule has 5 heteroatoms. The van der Waals surface area contributed by atoms with Crippen molar-refractivity contribution in [2.45, 2.75) is 45.2 Å². The molecule has 84 valence electrons. The van der Waals surface area contributed by atoms with Crippen LogP contribution in [0.3, 0.4) is 0 Å². The molecule has 1 aliphatic heterocycles. The van der Waals surface area contributed by atoms with Crippen molar-refractivity contribution in [3.05, 3.63) is 0 Å². The Morgan fingerprint density at radius 2 is 1.71 bits per heavy atom.